The summed E-state index contributed by atoms with van der Waals surface area (Å²) in [6.07, 6.45) is 3.65. The van der Waals surface area contributed by atoms with Crippen molar-refractivity contribution in [3.8, 4) is 0 Å². The lowest BCUT2D eigenvalue weighted by molar-refractivity contribution is 0.0936. The first-order chi connectivity index (χ1) is 10.9. The van der Waals surface area contributed by atoms with E-state index in [-0.39, 0.29) is 30.1 Å². The Morgan fingerprint density at radius 3 is 2.61 bits per heavy atom. The van der Waals surface area contributed by atoms with E-state index in [1.54, 1.807) is 37.1 Å². The Hall–Kier alpha value is -2.81. The van der Waals surface area contributed by atoms with Gasteiger partial charge < -0.3 is 30.6 Å². The molecule has 0 aromatic carbocycles. The monoisotopic (exact) mass is 320 g/mol. The Labute approximate surface area is 133 Å². The van der Waals surface area contributed by atoms with Crippen molar-refractivity contribution in [3.63, 3.8) is 0 Å². The van der Waals surface area contributed by atoms with Gasteiger partial charge in [-0.15, -0.1) is 0 Å². The molecule has 9 heteroatoms. The molecule has 2 heterocycles. The van der Waals surface area contributed by atoms with Gasteiger partial charge in [0.25, 0.3) is 11.8 Å². The first-order valence-electron chi connectivity index (χ1n) is 7.08. The van der Waals surface area contributed by atoms with Crippen LogP contribution in [0.1, 0.15) is 27.5 Å². The van der Waals surface area contributed by atoms with Crippen LogP contribution in [0.2, 0.25) is 0 Å². The van der Waals surface area contributed by atoms with Crippen molar-refractivity contribution in [3.05, 3.63) is 30.0 Å². The van der Waals surface area contributed by atoms with Gasteiger partial charge in [0.2, 0.25) is 5.82 Å². The molecule has 0 aliphatic rings. The van der Waals surface area contributed by atoms with Crippen LogP contribution in [-0.4, -0.2) is 44.2 Å². The summed E-state index contributed by atoms with van der Waals surface area (Å²) in [6.45, 7) is 0.356. The van der Waals surface area contributed by atoms with E-state index < -0.39 is 0 Å². The molecule has 5 N–H and O–H groups in total. The number of nitrogens with zero attached hydrogens (tertiary/aromatic N) is 3. The summed E-state index contributed by atoms with van der Waals surface area (Å²) in [5, 5.41) is 14.0. The molecule has 0 aliphatic heterocycles. The molecule has 2 rings (SSSR count). The summed E-state index contributed by atoms with van der Waals surface area (Å²) in [5.74, 6) is -0.298. The van der Waals surface area contributed by atoms with Gasteiger partial charge >= 0.3 is 0 Å². The maximum absolute atomic E-state index is 12.2. The number of nitrogens with two attached hydrogens (primary N) is 1. The fraction of sp³-hybridized carbons (Fsp3) is 0.357. The summed E-state index contributed by atoms with van der Waals surface area (Å²) in [6, 6.07) is 1.56. The number of nitrogen functional groups attached to an aromatic ring is 1. The molecule has 0 radical (unpaired) electrons. The van der Waals surface area contributed by atoms with E-state index >= 15 is 0 Å². The predicted molar refractivity (Wildman–Crippen MR) is 85.0 cm³/mol. The summed E-state index contributed by atoms with van der Waals surface area (Å²) in [4.78, 5) is 28.2. The molecular formula is C14H20N6O3. The third-order valence-electron chi connectivity index (χ3n) is 3.20. The Morgan fingerprint density at radius 1 is 1.26 bits per heavy atom. The smallest absolute Gasteiger partial charge is 0.287 e. The highest BCUT2D eigenvalue weighted by Crippen LogP contribution is 2.12. The fourth-order valence-electron chi connectivity index (χ4n) is 2.09. The summed E-state index contributed by atoms with van der Waals surface area (Å²) in [5.41, 5.74) is 6.52. The van der Waals surface area contributed by atoms with Crippen molar-refractivity contribution >= 4 is 23.3 Å². The molecule has 9 nitrogen and oxygen atoms in total. The van der Waals surface area contributed by atoms with Crippen molar-refractivity contribution in [2.45, 2.75) is 6.42 Å². The second kappa shape index (κ2) is 6.97. The average Bonchev–Trinajstić information content (AvgIpc) is 3.01. The van der Waals surface area contributed by atoms with E-state index in [1.807, 2.05) is 0 Å². The molecule has 2 amide bonds. The van der Waals surface area contributed by atoms with E-state index in [0.717, 1.165) is 0 Å². The lowest BCUT2D eigenvalue weighted by atomic mass is 10.4. The lowest BCUT2D eigenvalue weighted by Gasteiger charge is -2.03. The molecule has 0 aliphatic carbocycles. The number of rotatable bonds is 6. The number of aromatic nitrogens is 3. The number of anilines is 2. The number of nitrogens with one attached hydrogen (secondary N) is 2. The first-order valence-corrected chi connectivity index (χ1v) is 7.08. The van der Waals surface area contributed by atoms with Gasteiger partial charge in [-0.25, -0.2) is 4.98 Å². The van der Waals surface area contributed by atoms with Gasteiger partial charge in [0, 0.05) is 39.6 Å². The number of hydrogen-bond acceptors (Lipinski definition) is 5. The molecule has 124 valence electrons. The summed E-state index contributed by atoms with van der Waals surface area (Å²) < 4.78 is 3.12. The van der Waals surface area contributed by atoms with Gasteiger partial charge in [0.15, 0.2) is 5.82 Å². The standard InChI is InChI=1S/C14H20N6O3/c1-19-7-9(15)6-10(19)13(22)18-11-8-20(2)12(17-11)14(23)16-4-3-5-21/h6-8,21H,3-5,15H2,1-2H3,(H,16,23)(H,18,22). The minimum absolute atomic E-state index is 0.00193. The van der Waals surface area contributed by atoms with Crippen LogP contribution in [0.5, 0.6) is 0 Å². The van der Waals surface area contributed by atoms with Crippen molar-refractivity contribution in [2.75, 3.05) is 24.2 Å². The molecule has 0 saturated carbocycles. The minimum Gasteiger partial charge on any atom is -0.397 e. The number of aliphatic hydroxyl groups is 1. The van der Waals surface area contributed by atoms with Gasteiger partial charge in [-0.05, 0) is 12.5 Å². The number of aliphatic hydroxyl groups excluding tert-OH is 1. The lowest BCUT2D eigenvalue weighted by Crippen LogP contribution is -2.27. The molecule has 2 aromatic heterocycles. The van der Waals surface area contributed by atoms with Gasteiger partial charge in [0.1, 0.15) is 5.69 Å². The Balaban J connectivity index is 2.07. The second-order valence-corrected chi connectivity index (χ2v) is 5.12. The number of aryl methyl sites for hydroxylation is 2. The van der Waals surface area contributed by atoms with Crippen LogP contribution in [-0.2, 0) is 14.1 Å². The van der Waals surface area contributed by atoms with Gasteiger partial charge in [-0.1, -0.05) is 0 Å². The van der Waals surface area contributed by atoms with Crippen LogP contribution in [0.4, 0.5) is 11.5 Å². The molecular weight excluding hydrogens is 300 g/mol. The molecule has 0 bridgehead atoms. The minimum atomic E-state index is -0.371. The first kappa shape index (κ1) is 16.6. The van der Waals surface area contributed by atoms with Crippen molar-refractivity contribution in [1.29, 1.82) is 0 Å². The van der Waals surface area contributed by atoms with E-state index in [1.165, 1.54) is 4.57 Å². The van der Waals surface area contributed by atoms with Crippen molar-refractivity contribution < 1.29 is 14.7 Å². The largest absolute Gasteiger partial charge is 0.397 e. The number of imidazole rings is 1. The highest BCUT2D eigenvalue weighted by molar-refractivity contribution is 6.03. The maximum Gasteiger partial charge on any atom is 0.287 e. The predicted octanol–water partition coefficient (Wildman–Crippen LogP) is -0.295. The second-order valence-electron chi connectivity index (χ2n) is 5.12. The van der Waals surface area contributed by atoms with Crippen LogP contribution < -0.4 is 16.4 Å². The SMILES string of the molecule is Cn1cc(N)cc1C(=O)Nc1cn(C)c(C(=O)NCCCO)n1. The van der Waals surface area contributed by atoms with Gasteiger partial charge in [0.05, 0.1) is 5.69 Å². The van der Waals surface area contributed by atoms with Gasteiger partial charge in [-0.3, -0.25) is 9.59 Å². The molecule has 0 saturated heterocycles. The zero-order valence-corrected chi connectivity index (χ0v) is 13.0. The van der Waals surface area contributed by atoms with E-state index in [0.29, 0.717) is 24.3 Å². The molecule has 0 unspecified atom stereocenters. The van der Waals surface area contributed by atoms with E-state index in [4.69, 9.17) is 10.8 Å². The number of carbonyl (C=O) groups excluding carboxylic acids is 2. The number of amides is 2. The third-order valence-corrected chi connectivity index (χ3v) is 3.20. The zero-order valence-electron chi connectivity index (χ0n) is 13.0. The van der Waals surface area contributed by atoms with Crippen LogP contribution in [0, 0.1) is 0 Å². The van der Waals surface area contributed by atoms with Crippen LogP contribution in [0.25, 0.3) is 0 Å². The summed E-state index contributed by atoms with van der Waals surface area (Å²) >= 11 is 0. The van der Waals surface area contributed by atoms with Gasteiger partial charge in [-0.2, -0.15) is 0 Å². The number of carbonyl (C=O) groups is 2. The van der Waals surface area contributed by atoms with Crippen molar-refractivity contribution in [1.82, 2.24) is 19.4 Å². The van der Waals surface area contributed by atoms with E-state index in [2.05, 4.69) is 15.6 Å². The quantitative estimate of drug-likeness (QED) is 0.544. The highest BCUT2D eigenvalue weighted by atomic mass is 16.3. The molecule has 0 fully saturated rings. The molecule has 0 atom stereocenters. The van der Waals surface area contributed by atoms with Crippen molar-refractivity contribution in [2.24, 2.45) is 14.1 Å². The van der Waals surface area contributed by atoms with Crippen LogP contribution in [0.3, 0.4) is 0 Å². The summed E-state index contributed by atoms with van der Waals surface area (Å²) in [7, 11) is 3.37. The normalized spacial score (nSPS) is 10.6. The maximum atomic E-state index is 12.2. The molecule has 23 heavy (non-hydrogen) atoms. The zero-order chi connectivity index (χ0) is 17.0. The Bertz CT molecular complexity index is 718. The molecule has 0 spiro atoms. The third kappa shape index (κ3) is 3.89. The van der Waals surface area contributed by atoms with Crippen LogP contribution in [0.15, 0.2) is 18.5 Å². The number of hydrogen-bond donors (Lipinski definition) is 4. The molecule has 2 aromatic rings. The van der Waals surface area contributed by atoms with E-state index in [9.17, 15) is 9.59 Å². The topological polar surface area (TPSA) is 127 Å². The highest BCUT2D eigenvalue weighted by Gasteiger charge is 2.17. The fourth-order valence-corrected chi connectivity index (χ4v) is 2.09. The van der Waals surface area contributed by atoms with Crippen LogP contribution >= 0.6 is 0 Å². The Morgan fingerprint density at radius 2 is 2.00 bits per heavy atom. The Kier molecular flexibility index (Phi) is 5.02. The average molecular weight is 320 g/mol.